The van der Waals surface area contributed by atoms with E-state index in [0.29, 0.717) is 12.6 Å². The standard InChI is InChI=1S/C19H33N5O2/c1-13-9-23(10-14(2)26-13)11-17-7-6-8-24(17)12-18(25)20-19-15(3)21-22(5)16(19)4/h13-14,17H,6-12H2,1-5H3,(H,20,25). The Morgan fingerprint density at radius 3 is 2.58 bits per heavy atom. The summed E-state index contributed by atoms with van der Waals surface area (Å²) in [4.78, 5) is 17.4. The van der Waals surface area contributed by atoms with Crippen LogP contribution in [0.2, 0.25) is 0 Å². The number of ether oxygens (including phenoxy) is 1. The molecule has 1 N–H and O–H groups in total. The molecule has 7 nitrogen and oxygen atoms in total. The van der Waals surface area contributed by atoms with Crippen molar-refractivity contribution in [3.8, 4) is 0 Å². The lowest BCUT2D eigenvalue weighted by Gasteiger charge is -2.38. The molecule has 3 rings (SSSR count). The summed E-state index contributed by atoms with van der Waals surface area (Å²) in [6.45, 7) is 12.6. The first-order chi connectivity index (χ1) is 12.3. The summed E-state index contributed by atoms with van der Waals surface area (Å²) in [5.74, 6) is 0.0554. The number of aromatic nitrogens is 2. The predicted octanol–water partition coefficient (Wildman–Crippen LogP) is 1.55. The van der Waals surface area contributed by atoms with Gasteiger partial charge in [0.05, 0.1) is 35.8 Å². The number of carbonyl (C=O) groups excluding carboxylic acids is 1. The van der Waals surface area contributed by atoms with Crippen LogP contribution in [0.4, 0.5) is 5.69 Å². The van der Waals surface area contributed by atoms with Gasteiger partial charge in [-0.2, -0.15) is 5.10 Å². The number of nitrogens with one attached hydrogen (secondary N) is 1. The topological polar surface area (TPSA) is 62.6 Å². The lowest BCUT2D eigenvalue weighted by Crippen LogP contribution is -2.50. The molecule has 0 spiro atoms. The molecule has 26 heavy (non-hydrogen) atoms. The van der Waals surface area contributed by atoms with Crippen molar-refractivity contribution in [3.63, 3.8) is 0 Å². The van der Waals surface area contributed by atoms with Crippen LogP contribution in [0, 0.1) is 13.8 Å². The van der Waals surface area contributed by atoms with E-state index in [9.17, 15) is 4.79 Å². The van der Waals surface area contributed by atoms with Gasteiger partial charge in [-0.1, -0.05) is 0 Å². The van der Waals surface area contributed by atoms with Gasteiger partial charge < -0.3 is 10.1 Å². The number of rotatable bonds is 5. The molecule has 1 aromatic rings. The first-order valence-corrected chi connectivity index (χ1v) is 9.75. The van der Waals surface area contributed by atoms with Crippen LogP contribution < -0.4 is 5.32 Å². The summed E-state index contributed by atoms with van der Waals surface area (Å²) in [6.07, 6.45) is 2.90. The van der Waals surface area contributed by atoms with E-state index in [0.717, 1.165) is 43.3 Å². The van der Waals surface area contributed by atoms with E-state index in [-0.39, 0.29) is 18.1 Å². The number of morpholine rings is 1. The van der Waals surface area contributed by atoms with Gasteiger partial charge in [-0.3, -0.25) is 19.3 Å². The van der Waals surface area contributed by atoms with Crippen molar-refractivity contribution in [3.05, 3.63) is 11.4 Å². The zero-order valence-corrected chi connectivity index (χ0v) is 16.8. The van der Waals surface area contributed by atoms with Gasteiger partial charge in [-0.25, -0.2) is 0 Å². The van der Waals surface area contributed by atoms with Gasteiger partial charge in [0.2, 0.25) is 5.91 Å². The van der Waals surface area contributed by atoms with Gasteiger partial charge in [0.25, 0.3) is 0 Å². The monoisotopic (exact) mass is 363 g/mol. The molecule has 2 saturated heterocycles. The van der Waals surface area contributed by atoms with E-state index >= 15 is 0 Å². The van der Waals surface area contributed by atoms with Crippen LogP contribution in [0.5, 0.6) is 0 Å². The Bertz CT molecular complexity index is 634. The summed E-state index contributed by atoms with van der Waals surface area (Å²) in [7, 11) is 1.90. The number of nitrogens with zero attached hydrogens (tertiary/aromatic N) is 4. The van der Waals surface area contributed by atoms with E-state index in [4.69, 9.17) is 4.74 Å². The third kappa shape index (κ3) is 4.45. The zero-order chi connectivity index (χ0) is 18.8. The van der Waals surface area contributed by atoms with Gasteiger partial charge in [0.15, 0.2) is 0 Å². The molecule has 0 radical (unpaired) electrons. The highest BCUT2D eigenvalue weighted by Crippen LogP contribution is 2.22. The summed E-state index contributed by atoms with van der Waals surface area (Å²) in [6, 6.07) is 0.453. The number of hydrogen-bond acceptors (Lipinski definition) is 5. The van der Waals surface area contributed by atoms with Crippen LogP contribution in [0.25, 0.3) is 0 Å². The van der Waals surface area contributed by atoms with E-state index in [1.54, 1.807) is 0 Å². The Balaban J connectivity index is 1.55. The second kappa shape index (κ2) is 8.06. The third-order valence-corrected chi connectivity index (χ3v) is 5.58. The van der Waals surface area contributed by atoms with Crippen molar-refractivity contribution >= 4 is 11.6 Å². The number of likely N-dealkylation sites (tertiary alicyclic amines) is 1. The van der Waals surface area contributed by atoms with Gasteiger partial charge in [-0.15, -0.1) is 0 Å². The van der Waals surface area contributed by atoms with E-state index in [2.05, 4.69) is 34.1 Å². The van der Waals surface area contributed by atoms with Crippen LogP contribution >= 0.6 is 0 Å². The number of hydrogen-bond donors (Lipinski definition) is 1. The largest absolute Gasteiger partial charge is 0.373 e. The van der Waals surface area contributed by atoms with E-state index < -0.39 is 0 Å². The molecule has 2 aliphatic heterocycles. The Morgan fingerprint density at radius 2 is 1.96 bits per heavy atom. The molecule has 3 unspecified atom stereocenters. The Hall–Kier alpha value is -1.44. The lowest BCUT2D eigenvalue weighted by molar-refractivity contribution is -0.117. The van der Waals surface area contributed by atoms with Gasteiger partial charge in [-0.05, 0) is 47.1 Å². The first-order valence-electron chi connectivity index (χ1n) is 9.75. The van der Waals surface area contributed by atoms with Crippen LogP contribution in [0.15, 0.2) is 0 Å². The highest BCUT2D eigenvalue weighted by molar-refractivity contribution is 5.93. The highest BCUT2D eigenvalue weighted by Gasteiger charge is 2.31. The second-order valence-corrected chi connectivity index (χ2v) is 7.96. The molecule has 1 aromatic heterocycles. The van der Waals surface area contributed by atoms with Crippen molar-refractivity contribution in [1.29, 1.82) is 0 Å². The fraction of sp³-hybridized carbons (Fsp3) is 0.789. The predicted molar refractivity (Wildman–Crippen MR) is 102 cm³/mol. The average molecular weight is 364 g/mol. The number of aryl methyl sites for hydroxylation is 2. The van der Waals surface area contributed by atoms with Crippen molar-refractivity contribution in [2.24, 2.45) is 7.05 Å². The molecule has 146 valence electrons. The molecule has 3 atom stereocenters. The summed E-state index contributed by atoms with van der Waals surface area (Å²) in [5, 5.41) is 7.44. The summed E-state index contributed by atoms with van der Waals surface area (Å²) >= 11 is 0. The van der Waals surface area contributed by atoms with Gasteiger partial charge >= 0.3 is 0 Å². The number of carbonyl (C=O) groups is 1. The molecule has 1 amide bonds. The van der Waals surface area contributed by atoms with Crippen LogP contribution in [0.1, 0.15) is 38.1 Å². The second-order valence-electron chi connectivity index (χ2n) is 7.96. The molecular formula is C19H33N5O2. The fourth-order valence-corrected chi connectivity index (χ4v) is 4.36. The molecule has 7 heteroatoms. The molecule has 3 heterocycles. The van der Waals surface area contributed by atoms with Crippen LogP contribution in [-0.4, -0.2) is 76.5 Å². The normalized spacial score (nSPS) is 27.8. The quantitative estimate of drug-likeness (QED) is 0.860. The first kappa shape index (κ1) is 19.3. The molecule has 0 saturated carbocycles. The summed E-state index contributed by atoms with van der Waals surface area (Å²) in [5.41, 5.74) is 2.71. The van der Waals surface area contributed by atoms with Crippen molar-refractivity contribution in [2.45, 2.75) is 58.8 Å². The molecule has 2 aliphatic rings. The van der Waals surface area contributed by atoms with E-state index in [1.165, 1.54) is 12.8 Å². The van der Waals surface area contributed by atoms with Crippen LogP contribution in [0.3, 0.4) is 0 Å². The minimum atomic E-state index is 0.0554. The van der Waals surface area contributed by atoms with E-state index in [1.807, 2.05) is 25.6 Å². The van der Waals surface area contributed by atoms with Crippen molar-refractivity contribution < 1.29 is 9.53 Å². The van der Waals surface area contributed by atoms with Crippen LogP contribution in [-0.2, 0) is 16.6 Å². The smallest absolute Gasteiger partial charge is 0.238 e. The minimum Gasteiger partial charge on any atom is -0.373 e. The zero-order valence-electron chi connectivity index (χ0n) is 16.8. The Morgan fingerprint density at radius 1 is 1.27 bits per heavy atom. The minimum absolute atomic E-state index is 0.0554. The fourth-order valence-electron chi connectivity index (χ4n) is 4.36. The maximum atomic E-state index is 12.6. The van der Waals surface area contributed by atoms with Gasteiger partial charge in [0.1, 0.15) is 0 Å². The SMILES string of the molecule is Cc1nn(C)c(C)c1NC(=O)CN1CCCC1CN1CC(C)OC(C)C1. The lowest BCUT2D eigenvalue weighted by atomic mass is 10.1. The number of amides is 1. The highest BCUT2D eigenvalue weighted by atomic mass is 16.5. The molecule has 0 aromatic carbocycles. The molecule has 0 bridgehead atoms. The van der Waals surface area contributed by atoms with Gasteiger partial charge in [0, 0.05) is 32.7 Å². The maximum Gasteiger partial charge on any atom is 0.238 e. The maximum absolute atomic E-state index is 12.6. The molecule has 2 fully saturated rings. The average Bonchev–Trinajstić information content (AvgIpc) is 3.06. The molecular weight excluding hydrogens is 330 g/mol. The summed E-state index contributed by atoms with van der Waals surface area (Å²) < 4.78 is 7.65. The Kier molecular flexibility index (Phi) is 5.99. The number of anilines is 1. The third-order valence-electron chi connectivity index (χ3n) is 5.58. The van der Waals surface area contributed by atoms with Crippen molar-refractivity contribution in [1.82, 2.24) is 19.6 Å². The molecule has 0 aliphatic carbocycles. The van der Waals surface area contributed by atoms with Crippen molar-refractivity contribution in [2.75, 3.05) is 38.0 Å². The Labute approximate surface area is 156 Å².